The fraction of sp³-hybridized carbons (Fsp3) is 0.0500. The fourth-order valence-corrected chi connectivity index (χ4v) is 2.81. The van der Waals surface area contributed by atoms with Gasteiger partial charge in [0.1, 0.15) is 5.82 Å². The highest BCUT2D eigenvalue weighted by atomic mass is 19.1. The Labute approximate surface area is 148 Å². The molecule has 1 N–H and O–H groups in total. The second kappa shape index (κ2) is 6.40. The molecule has 0 radical (unpaired) electrons. The third-order valence-electron chi connectivity index (χ3n) is 4.11. The maximum atomic E-state index is 13.7. The minimum atomic E-state index is -0.477. The number of fused-ring (bicyclic) bond motifs is 1. The molecule has 2 heterocycles. The molecule has 4 aromatic rings. The van der Waals surface area contributed by atoms with Crippen molar-refractivity contribution in [2.24, 2.45) is 0 Å². The first-order valence-electron chi connectivity index (χ1n) is 8.09. The zero-order valence-electron chi connectivity index (χ0n) is 14.0. The molecule has 2 aromatic carbocycles. The van der Waals surface area contributed by atoms with Crippen LogP contribution in [-0.4, -0.2) is 14.5 Å². The van der Waals surface area contributed by atoms with Crippen LogP contribution in [0.5, 0.6) is 0 Å². The fourth-order valence-electron chi connectivity index (χ4n) is 2.81. The maximum absolute atomic E-state index is 13.7. The molecule has 0 spiro atoms. The molecule has 0 aliphatic rings. The molecule has 0 atom stereocenters. The van der Waals surface area contributed by atoms with E-state index in [2.05, 4.69) is 15.3 Å². The summed E-state index contributed by atoms with van der Waals surface area (Å²) in [5.41, 5.74) is 2.30. The van der Waals surface area contributed by atoms with Crippen LogP contribution in [0.1, 0.15) is 5.56 Å². The summed E-state index contributed by atoms with van der Waals surface area (Å²) in [6.07, 6.45) is 3.25. The molecule has 6 heteroatoms. The van der Waals surface area contributed by atoms with E-state index in [1.165, 1.54) is 22.8 Å². The van der Waals surface area contributed by atoms with Gasteiger partial charge in [0.25, 0.3) is 5.56 Å². The van der Waals surface area contributed by atoms with Crippen LogP contribution < -0.4 is 10.9 Å². The average Bonchev–Trinajstić information content (AvgIpc) is 2.65. The summed E-state index contributed by atoms with van der Waals surface area (Å²) in [7, 11) is 0. The second-order valence-corrected chi connectivity index (χ2v) is 5.89. The van der Waals surface area contributed by atoms with Crippen molar-refractivity contribution in [1.82, 2.24) is 14.5 Å². The lowest BCUT2D eigenvalue weighted by molar-refractivity contribution is 0.629. The predicted molar refractivity (Wildman–Crippen MR) is 99.6 cm³/mol. The standard InChI is InChI=1S/C20H15FN4O/c1-13-9-10-22-12-18(13)25-19(26)16-11-14(21)7-8-17(16)24-20(25)23-15-5-3-2-4-6-15/h2-12H,1H3,(H,23,24). The first kappa shape index (κ1) is 16.0. The van der Waals surface area contributed by atoms with Crippen LogP contribution in [0.4, 0.5) is 16.0 Å². The summed E-state index contributed by atoms with van der Waals surface area (Å²) < 4.78 is 15.1. The highest BCUT2D eigenvalue weighted by molar-refractivity contribution is 5.80. The lowest BCUT2D eigenvalue weighted by atomic mass is 10.2. The van der Waals surface area contributed by atoms with E-state index in [9.17, 15) is 9.18 Å². The van der Waals surface area contributed by atoms with Crippen LogP contribution in [0, 0.1) is 12.7 Å². The number of nitrogens with zero attached hydrogens (tertiary/aromatic N) is 3. The van der Waals surface area contributed by atoms with Crippen molar-refractivity contribution in [3.05, 3.63) is 88.7 Å². The van der Waals surface area contributed by atoms with Crippen LogP contribution in [-0.2, 0) is 0 Å². The largest absolute Gasteiger partial charge is 0.325 e. The molecule has 128 valence electrons. The van der Waals surface area contributed by atoms with Gasteiger partial charge in [-0.05, 0) is 48.9 Å². The Morgan fingerprint density at radius 3 is 2.65 bits per heavy atom. The third kappa shape index (κ3) is 2.82. The molecular formula is C20H15FN4O. The van der Waals surface area contributed by atoms with E-state index in [0.717, 1.165) is 11.3 Å². The van der Waals surface area contributed by atoms with Gasteiger partial charge in [-0.2, -0.15) is 0 Å². The molecule has 26 heavy (non-hydrogen) atoms. The van der Waals surface area contributed by atoms with Gasteiger partial charge in [0.15, 0.2) is 0 Å². The van der Waals surface area contributed by atoms with Crippen molar-refractivity contribution >= 4 is 22.5 Å². The molecule has 0 aliphatic heterocycles. The summed E-state index contributed by atoms with van der Waals surface area (Å²) in [4.78, 5) is 21.8. The van der Waals surface area contributed by atoms with Gasteiger partial charge in [0.05, 0.1) is 22.8 Å². The number of benzene rings is 2. The van der Waals surface area contributed by atoms with Gasteiger partial charge in [-0.25, -0.2) is 13.9 Å². The van der Waals surface area contributed by atoms with Gasteiger partial charge in [0, 0.05) is 11.9 Å². The van der Waals surface area contributed by atoms with E-state index < -0.39 is 5.82 Å². The zero-order valence-corrected chi connectivity index (χ0v) is 14.0. The SMILES string of the molecule is Cc1ccncc1-n1c(Nc2ccccc2)nc2ccc(F)cc2c1=O. The van der Waals surface area contributed by atoms with Crippen LogP contribution in [0.15, 0.2) is 71.8 Å². The maximum Gasteiger partial charge on any atom is 0.267 e. The van der Waals surface area contributed by atoms with Crippen molar-refractivity contribution in [1.29, 1.82) is 0 Å². The van der Waals surface area contributed by atoms with Gasteiger partial charge >= 0.3 is 0 Å². The lowest BCUT2D eigenvalue weighted by Gasteiger charge is -2.16. The molecule has 0 unspecified atom stereocenters. The summed E-state index contributed by atoms with van der Waals surface area (Å²) >= 11 is 0. The van der Waals surface area contributed by atoms with Gasteiger partial charge in [-0.1, -0.05) is 18.2 Å². The molecule has 0 saturated heterocycles. The predicted octanol–water partition coefficient (Wildman–Crippen LogP) is 3.97. The Balaban J connectivity index is 2.02. The Kier molecular flexibility index (Phi) is 3.93. The molecule has 0 aliphatic carbocycles. The summed E-state index contributed by atoms with van der Waals surface area (Å²) in [6.45, 7) is 1.88. The van der Waals surface area contributed by atoms with E-state index in [1.54, 1.807) is 12.4 Å². The van der Waals surface area contributed by atoms with Crippen molar-refractivity contribution in [2.75, 3.05) is 5.32 Å². The Hall–Kier alpha value is -3.54. The summed E-state index contributed by atoms with van der Waals surface area (Å²) in [5, 5.41) is 3.39. The first-order valence-corrected chi connectivity index (χ1v) is 8.09. The van der Waals surface area contributed by atoms with Crippen molar-refractivity contribution < 1.29 is 4.39 Å². The Morgan fingerprint density at radius 2 is 1.88 bits per heavy atom. The molecule has 4 rings (SSSR count). The second-order valence-electron chi connectivity index (χ2n) is 5.89. The number of pyridine rings is 1. The lowest BCUT2D eigenvalue weighted by Crippen LogP contribution is -2.23. The molecule has 5 nitrogen and oxygen atoms in total. The van der Waals surface area contributed by atoms with Crippen LogP contribution in [0.2, 0.25) is 0 Å². The van der Waals surface area contributed by atoms with E-state index in [-0.39, 0.29) is 10.9 Å². The number of hydrogen-bond acceptors (Lipinski definition) is 4. The third-order valence-corrected chi connectivity index (χ3v) is 4.11. The molecule has 0 fully saturated rings. The van der Waals surface area contributed by atoms with Gasteiger partial charge < -0.3 is 5.32 Å². The number of para-hydroxylation sites is 1. The summed E-state index contributed by atoms with van der Waals surface area (Å²) in [6, 6.07) is 15.2. The number of halogens is 1. The van der Waals surface area contributed by atoms with Crippen LogP contribution in [0.25, 0.3) is 16.6 Å². The van der Waals surface area contributed by atoms with Crippen molar-refractivity contribution in [3.8, 4) is 5.69 Å². The molecular weight excluding hydrogens is 331 g/mol. The quantitative estimate of drug-likeness (QED) is 0.610. The normalized spacial score (nSPS) is 10.8. The van der Waals surface area contributed by atoms with Crippen LogP contribution in [0.3, 0.4) is 0 Å². The number of hydrogen-bond donors (Lipinski definition) is 1. The van der Waals surface area contributed by atoms with Gasteiger partial charge in [-0.15, -0.1) is 0 Å². The number of anilines is 2. The minimum absolute atomic E-state index is 0.215. The first-order chi connectivity index (χ1) is 12.6. The molecule has 2 aromatic heterocycles. The van der Waals surface area contributed by atoms with Gasteiger partial charge in [-0.3, -0.25) is 9.78 Å². The van der Waals surface area contributed by atoms with E-state index in [1.807, 2.05) is 43.3 Å². The smallest absolute Gasteiger partial charge is 0.267 e. The summed E-state index contributed by atoms with van der Waals surface area (Å²) in [5.74, 6) is -0.133. The van der Waals surface area contributed by atoms with Crippen molar-refractivity contribution in [2.45, 2.75) is 6.92 Å². The minimum Gasteiger partial charge on any atom is -0.325 e. The number of nitrogens with one attached hydrogen (secondary N) is 1. The number of aryl methyl sites for hydroxylation is 1. The van der Waals surface area contributed by atoms with E-state index >= 15 is 0 Å². The van der Waals surface area contributed by atoms with Crippen molar-refractivity contribution in [3.63, 3.8) is 0 Å². The molecule has 0 bridgehead atoms. The average molecular weight is 346 g/mol. The molecule has 0 saturated carbocycles. The zero-order chi connectivity index (χ0) is 18.1. The highest BCUT2D eigenvalue weighted by Gasteiger charge is 2.15. The van der Waals surface area contributed by atoms with E-state index in [0.29, 0.717) is 17.2 Å². The molecule has 0 amide bonds. The van der Waals surface area contributed by atoms with E-state index in [4.69, 9.17) is 0 Å². The highest BCUT2D eigenvalue weighted by Crippen LogP contribution is 2.21. The van der Waals surface area contributed by atoms with Gasteiger partial charge in [0.2, 0.25) is 5.95 Å². The number of rotatable bonds is 3. The number of aromatic nitrogens is 3. The Bertz CT molecular complexity index is 1160. The monoisotopic (exact) mass is 346 g/mol. The topological polar surface area (TPSA) is 59.8 Å². The Morgan fingerprint density at radius 1 is 1.08 bits per heavy atom. The van der Waals surface area contributed by atoms with Crippen LogP contribution >= 0.6 is 0 Å².